The Hall–Kier alpha value is -2.95. The van der Waals surface area contributed by atoms with Crippen molar-refractivity contribution in [3.8, 4) is 5.75 Å². The molecule has 2 amide bonds. The second kappa shape index (κ2) is 10.1. The molecular formula is C24H30N4O5S. The average molecular weight is 487 g/mol. The summed E-state index contributed by atoms with van der Waals surface area (Å²) < 4.78 is 33.4. The molecule has 34 heavy (non-hydrogen) atoms. The van der Waals surface area contributed by atoms with Crippen molar-refractivity contribution in [1.29, 1.82) is 0 Å². The van der Waals surface area contributed by atoms with Crippen LogP contribution in [0.4, 0.5) is 5.69 Å². The van der Waals surface area contributed by atoms with Gasteiger partial charge in [-0.25, -0.2) is 8.42 Å². The maximum Gasteiger partial charge on any atom is 0.246 e. The van der Waals surface area contributed by atoms with Crippen LogP contribution in [-0.2, 0) is 32.6 Å². The normalized spacial score (nSPS) is 18.9. The Morgan fingerprint density at radius 1 is 1.12 bits per heavy atom. The van der Waals surface area contributed by atoms with E-state index >= 15 is 0 Å². The Labute approximate surface area is 199 Å². The molecule has 2 aromatic carbocycles. The summed E-state index contributed by atoms with van der Waals surface area (Å²) in [5.41, 5.74) is 8.06. The minimum Gasteiger partial charge on any atom is -0.492 e. The van der Waals surface area contributed by atoms with Crippen molar-refractivity contribution in [1.82, 2.24) is 9.21 Å². The van der Waals surface area contributed by atoms with Crippen molar-refractivity contribution in [2.45, 2.75) is 43.7 Å². The van der Waals surface area contributed by atoms with Crippen LogP contribution in [0.25, 0.3) is 0 Å². The lowest BCUT2D eigenvalue weighted by Crippen LogP contribution is -2.50. The molecular weight excluding hydrogens is 456 g/mol. The largest absolute Gasteiger partial charge is 0.492 e. The van der Waals surface area contributed by atoms with Gasteiger partial charge in [0.05, 0.1) is 19.2 Å². The van der Waals surface area contributed by atoms with Gasteiger partial charge in [-0.05, 0) is 55.5 Å². The van der Waals surface area contributed by atoms with Crippen molar-refractivity contribution < 1.29 is 22.7 Å². The summed E-state index contributed by atoms with van der Waals surface area (Å²) in [7, 11) is -3.75. The van der Waals surface area contributed by atoms with Gasteiger partial charge in [0, 0.05) is 25.3 Å². The highest BCUT2D eigenvalue weighted by Crippen LogP contribution is 2.32. The number of rotatable bonds is 8. The van der Waals surface area contributed by atoms with Crippen LogP contribution < -0.4 is 15.8 Å². The smallest absolute Gasteiger partial charge is 0.246 e. The Morgan fingerprint density at radius 3 is 2.50 bits per heavy atom. The Balaban J connectivity index is 1.53. The van der Waals surface area contributed by atoms with Crippen molar-refractivity contribution in [3.05, 3.63) is 53.6 Å². The zero-order valence-electron chi connectivity index (χ0n) is 19.2. The van der Waals surface area contributed by atoms with Gasteiger partial charge < -0.3 is 15.8 Å². The number of carbonyl (C=O) groups excluding carboxylic acids is 2. The van der Waals surface area contributed by atoms with Crippen LogP contribution in [0.1, 0.15) is 30.9 Å². The molecule has 2 aliphatic rings. The summed E-state index contributed by atoms with van der Waals surface area (Å²) in [5.74, 6) is -0.587. The summed E-state index contributed by atoms with van der Waals surface area (Å²) in [5, 5.41) is 2.77. The number of nitrogens with one attached hydrogen (secondary N) is 1. The summed E-state index contributed by atoms with van der Waals surface area (Å²) in [6.45, 7) is 3.41. The molecule has 1 fully saturated rings. The maximum absolute atomic E-state index is 13.2. The number of hydrogen-bond acceptors (Lipinski definition) is 6. The molecule has 1 saturated heterocycles. The lowest BCUT2D eigenvalue weighted by molar-refractivity contribution is -0.125. The van der Waals surface area contributed by atoms with E-state index in [9.17, 15) is 18.0 Å². The number of fused-ring (bicyclic) bond motifs is 1. The quantitative estimate of drug-likeness (QED) is 0.586. The number of nitrogens with zero attached hydrogens (tertiary/aromatic N) is 2. The molecule has 0 aliphatic carbocycles. The van der Waals surface area contributed by atoms with Gasteiger partial charge in [0.1, 0.15) is 10.6 Å². The molecule has 0 radical (unpaired) electrons. The molecule has 3 N–H and O–H groups in total. The number of hydrogen-bond donors (Lipinski definition) is 2. The SMILES string of the molecule is CCOc1ccc(NC(=O)CN2Cc3ccccc3C[C@@H]2C(N)=O)cc1S(=O)(=O)N1CCCC1. The highest BCUT2D eigenvalue weighted by atomic mass is 32.2. The van der Waals surface area contributed by atoms with Crippen molar-refractivity contribution in [3.63, 3.8) is 0 Å². The number of amides is 2. The summed E-state index contributed by atoms with van der Waals surface area (Å²) >= 11 is 0. The van der Waals surface area contributed by atoms with Gasteiger partial charge in [0.25, 0.3) is 0 Å². The number of anilines is 1. The van der Waals surface area contributed by atoms with Crippen LogP contribution in [0.15, 0.2) is 47.4 Å². The van der Waals surface area contributed by atoms with E-state index in [0.717, 1.165) is 24.0 Å². The highest BCUT2D eigenvalue weighted by Gasteiger charge is 2.32. The fraction of sp³-hybridized carbons (Fsp3) is 0.417. The van der Waals surface area contributed by atoms with Gasteiger partial charge in [-0.2, -0.15) is 4.31 Å². The maximum atomic E-state index is 13.2. The van der Waals surface area contributed by atoms with Crippen LogP contribution in [-0.4, -0.2) is 61.7 Å². The second-order valence-electron chi connectivity index (χ2n) is 8.55. The van der Waals surface area contributed by atoms with Gasteiger partial charge in [0.2, 0.25) is 21.8 Å². The molecule has 10 heteroatoms. The predicted octanol–water partition coefficient (Wildman–Crippen LogP) is 1.72. The van der Waals surface area contributed by atoms with Crippen molar-refractivity contribution in [2.24, 2.45) is 5.73 Å². The lowest BCUT2D eigenvalue weighted by Gasteiger charge is -2.34. The van der Waals surface area contributed by atoms with Crippen LogP contribution in [0.2, 0.25) is 0 Å². The molecule has 0 bridgehead atoms. The lowest BCUT2D eigenvalue weighted by atomic mass is 9.93. The first-order valence-corrected chi connectivity index (χ1v) is 12.9. The monoisotopic (exact) mass is 486 g/mol. The van der Waals surface area contributed by atoms with Gasteiger partial charge in [-0.15, -0.1) is 0 Å². The van der Waals surface area contributed by atoms with Gasteiger partial charge in [-0.3, -0.25) is 14.5 Å². The van der Waals surface area contributed by atoms with E-state index in [2.05, 4.69) is 5.32 Å². The van der Waals surface area contributed by atoms with Gasteiger partial charge in [-0.1, -0.05) is 24.3 Å². The molecule has 9 nitrogen and oxygen atoms in total. The first-order chi connectivity index (χ1) is 16.3. The Kier molecular flexibility index (Phi) is 7.20. The Morgan fingerprint density at radius 2 is 1.82 bits per heavy atom. The highest BCUT2D eigenvalue weighted by molar-refractivity contribution is 7.89. The van der Waals surface area contributed by atoms with E-state index in [1.54, 1.807) is 24.0 Å². The number of ether oxygens (including phenoxy) is 1. The Bertz CT molecular complexity index is 1180. The summed E-state index contributed by atoms with van der Waals surface area (Å²) in [4.78, 5) is 26.7. The second-order valence-corrected chi connectivity index (χ2v) is 10.5. The van der Waals surface area contributed by atoms with Crippen LogP contribution in [0, 0.1) is 0 Å². The number of benzene rings is 2. The zero-order valence-corrected chi connectivity index (χ0v) is 20.0. The zero-order chi connectivity index (χ0) is 24.3. The van der Waals surface area contributed by atoms with Crippen LogP contribution in [0.5, 0.6) is 5.75 Å². The third kappa shape index (κ3) is 5.08. The summed E-state index contributed by atoms with van der Waals surface area (Å²) in [6.07, 6.45) is 2.08. The molecule has 0 saturated carbocycles. The molecule has 2 aromatic rings. The first kappa shape index (κ1) is 24.2. The first-order valence-electron chi connectivity index (χ1n) is 11.5. The van der Waals surface area contributed by atoms with E-state index in [0.29, 0.717) is 38.3 Å². The predicted molar refractivity (Wildman–Crippen MR) is 128 cm³/mol. The van der Waals surface area contributed by atoms with E-state index in [-0.39, 0.29) is 23.1 Å². The number of primary amides is 1. The van der Waals surface area contributed by atoms with Crippen LogP contribution >= 0.6 is 0 Å². The van der Waals surface area contributed by atoms with E-state index < -0.39 is 22.0 Å². The molecule has 0 unspecified atom stereocenters. The third-order valence-corrected chi connectivity index (χ3v) is 8.15. The third-order valence-electron chi connectivity index (χ3n) is 6.23. The van der Waals surface area contributed by atoms with E-state index in [1.165, 1.54) is 10.4 Å². The molecule has 2 aliphatic heterocycles. The minimum atomic E-state index is -3.75. The number of sulfonamides is 1. The van der Waals surface area contributed by atoms with Crippen molar-refractivity contribution in [2.75, 3.05) is 31.6 Å². The molecule has 0 spiro atoms. The molecule has 1 atom stereocenters. The standard InChI is InChI=1S/C24H30N4O5S/c1-2-33-21-10-9-19(14-22(21)34(31,32)28-11-5-6-12-28)26-23(29)16-27-15-18-8-4-3-7-17(18)13-20(27)24(25)30/h3-4,7-10,14,20H,2,5-6,11-13,15-16H2,1H3,(H2,25,30)(H,26,29)/t20-/m1/s1. The molecule has 182 valence electrons. The number of nitrogens with two attached hydrogens (primary N) is 1. The fourth-order valence-electron chi connectivity index (χ4n) is 4.54. The van der Waals surface area contributed by atoms with Gasteiger partial charge >= 0.3 is 0 Å². The average Bonchev–Trinajstić information content (AvgIpc) is 3.35. The van der Waals surface area contributed by atoms with Crippen molar-refractivity contribution >= 4 is 27.5 Å². The van der Waals surface area contributed by atoms with E-state index in [1.807, 2.05) is 24.3 Å². The minimum absolute atomic E-state index is 0.0379. The fourth-order valence-corrected chi connectivity index (χ4v) is 6.21. The topological polar surface area (TPSA) is 122 Å². The number of carbonyl (C=O) groups is 2. The molecule has 2 heterocycles. The summed E-state index contributed by atoms with van der Waals surface area (Å²) in [6, 6.07) is 11.8. The van der Waals surface area contributed by atoms with Gasteiger partial charge in [0.15, 0.2) is 0 Å². The van der Waals surface area contributed by atoms with Crippen LogP contribution in [0.3, 0.4) is 0 Å². The van der Waals surface area contributed by atoms with E-state index in [4.69, 9.17) is 10.5 Å². The molecule has 0 aromatic heterocycles. The molecule has 4 rings (SSSR count).